The molecule has 1 aromatic carbocycles. The fraction of sp³-hybridized carbons (Fsp3) is 0.263. The van der Waals surface area contributed by atoms with Crippen molar-refractivity contribution in [3.05, 3.63) is 62.9 Å². The Labute approximate surface area is 167 Å². The molecule has 0 spiro atoms. The van der Waals surface area contributed by atoms with E-state index in [2.05, 4.69) is 10.3 Å². The van der Waals surface area contributed by atoms with Gasteiger partial charge < -0.3 is 10.1 Å². The molecule has 0 radical (unpaired) electrons. The number of carbonyl (C=O) groups is 1. The fourth-order valence-electron chi connectivity index (χ4n) is 2.92. The first-order chi connectivity index (χ1) is 14.1. The predicted molar refractivity (Wildman–Crippen MR) is 102 cm³/mol. The number of nitrogens with one attached hydrogen (secondary N) is 1. The molecule has 2 aromatic heterocycles. The Morgan fingerprint density at radius 1 is 1.23 bits per heavy atom. The number of pyridine rings is 1. The number of ether oxygens (including phenoxy) is 1. The molecule has 30 heavy (non-hydrogen) atoms. The third-order valence-electron chi connectivity index (χ3n) is 4.26. The molecule has 8 nitrogen and oxygen atoms in total. The van der Waals surface area contributed by atoms with Gasteiger partial charge in [0.1, 0.15) is 17.7 Å². The minimum atomic E-state index is -4.57. The molecule has 1 N–H and O–H groups in total. The van der Waals surface area contributed by atoms with E-state index in [0.717, 1.165) is 22.8 Å². The standard InChI is InChI=1S/C19H17F3N4O4/c1-3-30-13-7-8-23-16-15(13)17(28)26(18(29)25(16)2)10-14(27)24-12-6-4-5-11(9-12)19(20,21)22/h4-9H,3,10H2,1-2H3,(H,24,27). The van der Waals surface area contributed by atoms with Gasteiger partial charge in [-0.1, -0.05) is 6.07 Å². The summed E-state index contributed by atoms with van der Waals surface area (Å²) in [4.78, 5) is 41.8. The monoisotopic (exact) mass is 422 g/mol. The van der Waals surface area contributed by atoms with Gasteiger partial charge >= 0.3 is 11.9 Å². The summed E-state index contributed by atoms with van der Waals surface area (Å²) < 4.78 is 45.7. The number of hydrogen-bond acceptors (Lipinski definition) is 5. The molecule has 0 aliphatic rings. The number of nitrogens with zero attached hydrogens (tertiary/aromatic N) is 3. The summed E-state index contributed by atoms with van der Waals surface area (Å²) in [6.07, 6.45) is -3.19. The van der Waals surface area contributed by atoms with Crippen LogP contribution in [0.5, 0.6) is 5.75 Å². The number of alkyl halides is 3. The van der Waals surface area contributed by atoms with Gasteiger partial charge in [0, 0.05) is 18.9 Å². The van der Waals surface area contributed by atoms with E-state index < -0.39 is 35.4 Å². The van der Waals surface area contributed by atoms with Gasteiger partial charge in [-0.3, -0.25) is 14.2 Å². The molecule has 3 aromatic rings. The van der Waals surface area contributed by atoms with E-state index >= 15 is 0 Å². The zero-order valence-corrected chi connectivity index (χ0v) is 16.0. The summed E-state index contributed by atoms with van der Waals surface area (Å²) in [5, 5.41) is 2.29. The number of benzene rings is 1. The third kappa shape index (κ3) is 4.04. The van der Waals surface area contributed by atoms with Crippen molar-refractivity contribution >= 4 is 22.6 Å². The summed E-state index contributed by atoms with van der Waals surface area (Å²) in [5.41, 5.74) is -2.55. The Balaban J connectivity index is 1.98. The molecule has 0 aliphatic heterocycles. The third-order valence-corrected chi connectivity index (χ3v) is 4.26. The molecule has 158 valence electrons. The van der Waals surface area contributed by atoms with Gasteiger partial charge in [-0.25, -0.2) is 14.3 Å². The molecule has 0 bridgehead atoms. The normalized spacial score (nSPS) is 11.5. The second kappa shape index (κ2) is 8.01. The Morgan fingerprint density at radius 2 is 1.97 bits per heavy atom. The highest BCUT2D eigenvalue weighted by Gasteiger charge is 2.30. The van der Waals surface area contributed by atoms with E-state index in [1.807, 2.05) is 0 Å². The summed E-state index contributed by atoms with van der Waals surface area (Å²) in [6.45, 7) is 1.28. The number of anilines is 1. The van der Waals surface area contributed by atoms with Gasteiger partial charge in [-0.05, 0) is 31.2 Å². The van der Waals surface area contributed by atoms with Gasteiger partial charge in [-0.2, -0.15) is 13.2 Å². The Bertz CT molecular complexity index is 1230. The number of fused-ring (bicyclic) bond motifs is 1. The van der Waals surface area contributed by atoms with Crippen molar-refractivity contribution in [2.24, 2.45) is 7.05 Å². The average molecular weight is 422 g/mol. The largest absolute Gasteiger partial charge is 0.493 e. The highest BCUT2D eigenvalue weighted by molar-refractivity contribution is 5.91. The Hall–Kier alpha value is -3.63. The molecule has 0 unspecified atom stereocenters. The quantitative estimate of drug-likeness (QED) is 0.680. The lowest BCUT2D eigenvalue weighted by molar-refractivity contribution is -0.137. The van der Waals surface area contributed by atoms with Crippen LogP contribution in [0.4, 0.5) is 18.9 Å². The van der Waals surface area contributed by atoms with Crippen molar-refractivity contribution in [2.75, 3.05) is 11.9 Å². The smallest absolute Gasteiger partial charge is 0.416 e. The molecule has 11 heteroatoms. The number of hydrogen-bond donors (Lipinski definition) is 1. The SMILES string of the molecule is CCOc1ccnc2c1c(=O)n(CC(=O)Nc1cccc(C(F)(F)F)c1)c(=O)n2C. The lowest BCUT2D eigenvalue weighted by atomic mass is 10.2. The minimum absolute atomic E-state index is 0.0216. The molecule has 2 heterocycles. The van der Waals surface area contributed by atoms with Crippen LogP contribution in [0.2, 0.25) is 0 Å². The predicted octanol–water partition coefficient (Wildman–Crippen LogP) is 2.15. The van der Waals surface area contributed by atoms with Crippen molar-refractivity contribution in [1.29, 1.82) is 0 Å². The number of aromatic nitrogens is 3. The Kier molecular flexibility index (Phi) is 5.63. The lowest BCUT2D eigenvalue weighted by Gasteiger charge is -2.13. The van der Waals surface area contributed by atoms with Crippen LogP contribution >= 0.6 is 0 Å². The van der Waals surface area contributed by atoms with Crippen LogP contribution in [0.25, 0.3) is 11.0 Å². The van der Waals surface area contributed by atoms with Crippen LogP contribution in [0.3, 0.4) is 0 Å². The van der Waals surface area contributed by atoms with E-state index in [0.29, 0.717) is 4.57 Å². The first-order valence-corrected chi connectivity index (χ1v) is 8.82. The van der Waals surface area contributed by atoms with Crippen LogP contribution in [0.1, 0.15) is 12.5 Å². The van der Waals surface area contributed by atoms with Crippen LogP contribution in [-0.2, 0) is 24.6 Å². The average Bonchev–Trinajstić information content (AvgIpc) is 2.69. The van der Waals surface area contributed by atoms with E-state index in [9.17, 15) is 27.6 Å². The summed E-state index contributed by atoms with van der Waals surface area (Å²) in [5.74, 6) is -0.634. The first-order valence-electron chi connectivity index (χ1n) is 8.82. The van der Waals surface area contributed by atoms with Crippen molar-refractivity contribution in [3.8, 4) is 5.75 Å². The van der Waals surface area contributed by atoms with E-state index in [1.54, 1.807) is 6.92 Å². The van der Waals surface area contributed by atoms with Crippen molar-refractivity contribution in [2.45, 2.75) is 19.6 Å². The molecular formula is C19H17F3N4O4. The molecule has 0 saturated carbocycles. The summed E-state index contributed by atoms with van der Waals surface area (Å²) in [7, 11) is 1.38. The fourth-order valence-corrected chi connectivity index (χ4v) is 2.92. The lowest BCUT2D eigenvalue weighted by Crippen LogP contribution is -2.42. The number of halogens is 3. The maximum atomic E-state index is 12.9. The van der Waals surface area contributed by atoms with Crippen molar-refractivity contribution in [1.82, 2.24) is 14.1 Å². The van der Waals surface area contributed by atoms with E-state index in [-0.39, 0.29) is 29.1 Å². The maximum Gasteiger partial charge on any atom is 0.416 e. The molecule has 0 atom stereocenters. The zero-order chi connectivity index (χ0) is 22.1. The van der Waals surface area contributed by atoms with Gasteiger partial charge in [0.05, 0.1) is 12.2 Å². The second-order valence-corrected chi connectivity index (χ2v) is 6.30. The van der Waals surface area contributed by atoms with Gasteiger partial charge in [0.15, 0.2) is 5.65 Å². The van der Waals surface area contributed by atoms with Gasteiger partial charge in [-0.15, -0.1) is 0 Å². The highest BCUT2D eigenvalue weighted by Crippen LogP contribution is 2.30. The van der Waals surface area contributed by atoms with E-state index in [4.69, 9.17) is 4.74 Å². The van der Waals surface area contributed by atoms with Crippen LogP contribution in [-0.4, -0.2) is 26.6 Å². The molecule has 0 saturated heterocycles. The molecule has 3 rings (SSSR count). The number of aryl methyl sites for hydroxylation is 1. The Morgan fingerprint density at radius 3 is 2.63 bits per heavy atom. The zero-order valence-electron chi connectivity index (χ0n) is 16.0. The number of rotatable bonds is 5. The van der Waals surface area contributed by atoms with Crippen LogP contribution in [0.15, 0.2) is 46.1 Å². The molecular weight excluding hydrogens is 405 g/mol. The first kappa shape index (κ1) is 21.1. The van der Waals surface area contributed by atoms with Crippen molar-refractivity contribution < 1.29 is 22.7 Å². The number of carbonyl (C=O) groups excluding carboxylic acids is 1. The summed E-state index contributed by atoms with van der Waals surface area (Å²) >= 11 is 0. The molecule has 0 fully saturated rings. The topological polar surface area (TPSA) is 95.2 Å². The van der Waals surface area contributed by atoms with Crippen molar-refractivity contribution in [3.63, 3.8) is 0 Å². The minimum Gasteiger partial charge on any atom is -0.493 e. The summed E-state index contributed by atoms with van der Waals surface area (Å²) in [6, 6.07) is 5.49. The van der Waals surface area contributed by atoms with Gasteiger partial charge in [0.25, 0.3) is 5.56 Å². The van der Waals surface area contributed by atoms with Gasteiger partial charge in [0.2, 0.25) is 5.91 Å². The van der Waals surface area contributed by atoms with Crippen LogP contribution in [0, 0.1) is 0 Å². The van der Waals surface area contributed by atoms with E-state index in [1.165, 1.54) is 25.4 Å². The second-order valence-electron chi connectivity index (χ2n) is 6.30. The molecule has 1 amide bonds. The highest BCUT2D eigenvalue weighted by atomic mass is 19.4. The maximum absolute atomic E-state index is 12.9. The number of amides is 1. The van der Waals surface area contributed by atoms with Crippen LogP contribution < -0.4 is 21.3 Å². The molecule has 0 aliphatic carbocycles.